The molecule has 3 heterocycles. The lowest BCUT2D eigenvalue weighted by Gasteiger charge is -2.23. The molecule has 1 aliphatic rings. The Labute approximate surface area is 139 Å². The molecule has 4 rings (SSSR count). The fourth-order valence-electron chi connectivity index (χ4n) is 3.39. The minimum absolute atomic E-state index is 0.0117. The van der Waals surface area contributed by atoms with Gasteiger partial charge in [0.05, 0.1) is 18.4 Å². The number of nitrogens with one attached hydrogen (secondary N) is 1. The molecule has 0 unspecified atom stereocenters. The van der Waals surface area contributed by atoms with Gasteiger partial charge in [-0.2, -0.15) is 5.10 Å². The summed E-state index contributed by atoms with van der Waals surface area (Å²) in [4.78, 5) is 12.3. The normalized spacial score (nSPS) is 16.8. The minimum atomic E-state index is -0.0653. The van der Waals surface area contributed by atoms with E-state index >= 15 is 0 Å². The molecule has 1 aromatic carbocycles. The molecular formula is C18H18N4O2. The van der Waals surface area contributed by atoms with Crippen molar-refractivity contribution in [1.29, 1.82) is 0 Å². The predicted octanol–water partition coefficient (Wildman–Crippen LogP) is 3.01. The van der Waals surface area contributed by atoms with Crippen molar-refractivity contribution in [2.75, 3.05) is 5.32 Å². The molecule has 1 atom stereocenters. The van der Waals surface area contributed by atoms with E-state index in [0.717, 1.165) is 34.0 Å². The van der Waals surface area contributed by atoms with Crippen molar-refractivity contribution in [3.63, 3.8) is 0 Å². The first kappa shape index (κ1) is 14.7. The third-order valence-electron chi connectivity index (χ3n) is 4.50. The Hall–Kier alpha value is -2.89. The number of fused-ring (bicyclic) bond motifs is 1. The Morgan fingerprint density at radius 3 is 2.79 bits per heavy atom. The number of hydrogen-bond acceptors (Lipinski definition) is 4. The summed E-state index contributed by atoms with van der Waals surface area (Å²) in [6.07, 6.45) is 2.22. The van der Waals surface area contributed by atoms with Crippen LogP contribution in [0.15, 0.2) is 41.1 Å². The molecule has 6 nitrogen and oxygen atoms in total. The van der Waals surface area contributed by atoms with Crippen LogP contribution in [0.5, 0.6) is 0 Å². The summed E-state index contributed by atoms with van der Waals surface area (Å²) in [6, 6.07) is 10.1. The van der Waals surface area contributed by atoms with Gasteiger partial charge in [0.2, 0.25) is 5.91 Å². The second-order valence-electron chi connectivity index (χ2n) is 6.13. The average Bonchev–Trinajstić information content (AvgIpc) is 3.12. The molecule has 24 heavy (non-hydrogen) atoms. The highest BCUT2D eigenvalue weighted by molar-refractivity contribution is 5.94. The smallest absolute Gasteiger partial charge is 0.226 e. The van der Waals surface area contributed by atoms with Gasteiger partial charge in [0.15, 0.2) is 0 Å². The lowest BCUT2D eigenvalue weighted by Crippen LogP contribution is -2.25. The maximum atomic E-state index is 12.3. The van der Waals surface area contributed by atoms with Crippen molar-refractivity contribution < 1.29 is 9.32 Å². The topological polar surface area (TPSA) is 73.0 Å². The summed E-state index contributed by atoms with van der Waals surface area (Å²) < 4.78 is 7.13. The van der Waals surface area contributed by atoms with Gasteiger partial charge in [-0.1, -0.05) is 35.5 Å². The number of nitrogens with zero attached hydrogens (tertiary/aromatic N) is 3. The molecule has 0 bridgehead atoms. The average molecular weight is 322 g/mol. The summed E-state index contributed by atoms with van der Waals surface area (Å²) >= 11 is 0. The van der Waals surface area contributed by atoms with E-state index in [1.54, 1.807) is 0 Å². The summed E-state index contributed by atoms with van der Waals surface area (Å²) in [5, 5.41) is 11.5. The first-order valence-corrected chi connectivity index (χ1v) is 7.95. The molecule has 2 aromatic heterocycles. The number of hydrogen-bond donors (Lipinski definition) is 1. The van der Waals surface area contributed by atoms with E-state index in [0.29, 0.717) is 13.0 Å². The van der Waals surface area contributed by atoms with Crippen molar-refractivity contribution in [1.82, 2.24) is 14.9 Å². The Balaban J connectivity index is 1.75. The van der Waals surface area contributed by atoms with E-state index in [4.69, 9.17) is 4.52 Å². The van der Waals surface area contributed by atoms with E-state index in [2.05, 4.69) is 15.6 Å². The van der Waals surface area contributed by atoms with Crippen LogP contribution in [0.4, 0.5) is 5.82 Å². The molecular weight excluding hydrogens is 304 g/mol. The van der Waals surface area contributed by atoms with Crippen molar-refractivity contribution in [3.8, 4) is 0 Å². The molecule has 0 radical (unpaired) electrons. The largest absolute Gasteiger partial charge is 0.361 e. The molecule has 122 valence electrons. The van der Waals surface area contributed by atoms with Crippen LogP contribution < -0.4 is 5.32 Å². The maximum absolute atomic E-state index is 12.3. The Bertz CT molecular complexity index is 876. The number of anilines is 1. The number of aromatic nitrogens is 3. The fourth-order valence-corrected chi connectivity index (χ4v) is 3.39. The molecule has 1 aliphatic heterocycles. The van der Waals surface area contributed by atoms with E-state index in [9.17, 15) is 4.79 Å². The maximum Gasteiger partial charge on any atom is 0.226 e. The highest BCUT2D eigenvalue weighted by Crippen LogP contribution is 2.39. The van der Waals surface area contributed by atoms with Gasteiger partial charge in [0, 0.05) is 23.5 Å². The van der Waals surface area contributed by atoms with Gasteiger partial charge >= 0.3 is 0 Å². The Kier molecular flexibility index (Phi) is 3.45. The number of carbonyl (C=O) groups is 1. The van der Waals surface area contributed by atoms with E-state index in [-0.39, 0.29) is 11.8 Å². The van der Waals surface area contributed by atoms with E-state index < -0.39 is 0 Å². The van der Waals surface area contributed by atoms with Crippen LogP contribution in [0.1, 0.15) is 40.5 Å². The first-order chi connectivity index (χ1) is 11.6. The zero-order chi connectivity index (χ0) is 16.7. The second-order valence-corrected chi connectivity index (χ2v) is 6.13. The quantitative estimate of drug-likeness (QED) is 0.804. The molecule has 6 heteroatoms. The van der Waals surface area contributed by atoms with Gasteiger partial charge in [0.1, 0.15) is 11.6 Å². The van der Waals surface area contributed by atoms with Gasteiger partial charge in [-0.3, -0.25) is 4.79 Å². The molecule has 0 fully saturated rings. The number of rotatable bonds is 3. The number of aryl methyl sites for hydroxylation is 2. The summed E-state index contributed by atoms with van der Waals surface area (Å²) in [6.45, 7) is 4.41. The monoisotopic (exact) mass is 322 g/mol. The molecule has 1 amide bonds. The van der Waals surface area contributed by atoms with E-state index in [1.807, 2.05) is 55.1 Å². The lowest BCUT2D eigenvalue weighted by atomic mass is 9.86. The highest BCUT2D eigenvalue weighted by Gasteiger charge is 2.33. The lowest BCUT2D eigenvalue weighted by molar-refractivity contribution is -0.116. The van der Waals surface area contributed by atoms with Crippen LogP contribution in [0.25, 0.3) is 0 Å². The Morgan fingerprint density at radius 1 is 1.29 bits per heavy atom. The number of benzene rings is 1. The molecule has 0 aliphatic carbocycles. The third-order valence-corrected chi connectivity index (χ3v) is 4.50. The van der Waals surface area contributed by atoms with Crippen molar-refractivity contribution in [2.45, 2.75) is 32.7 Å². The zero-order valence-electron chi connectivity index (χ0n) is 13.6. The van der Waals surface area contributed by atoms with Crippen LogP contribution in [-0.4, -0.2) is 20.8 Å². The zero-order valence-corrected chi connectivity index (χ0v) is 13.6. The number of amides is 1. The number of carbonyl (C=O) groups excluding carboxylic acids is 1. The minimum Gasteiger partial charge on any atom is -0.361 e. The van der Waals surface area contributed by atoms with Crippen LogP contribution in [0.2, 0.25) is 0 Å². The van der Waals surface area contributed by atoms with Crippen molar-refractivity contribution >= 4 is 11.7 Å². The Morgan fingerprint density at radius 2 is 2.08 bits per heavy atom. The molecule has 1 N–H and O–H groups in total. The van der Waals surface area contributed by atoms with Gasteiger partial charge in [-0.05, 0) is 19.4 Å². The SMILES string of the molecule is Cc1noc(C)c1[C@@H]1CC(=O)Nc2c1cnn2Cc1ccccc1. The van der Waals surface area contributed by atoms with E-state index in [1.165, 1.54) is 0 Å². The van der Waals surface area contributed by atoms with Crippen molar-refractivity contribution in [3.05, 3.63) is 64.7 Å². The van der Waals surface area contributed by atoms with Crippen LogP contribution in [0.3, 0.4) is 0 Å². The second kappa shape index (κ2) is 5.63. The summed E-state index contributed by atoms with van der Waals surface area (Å²) in [5.41, 5.74) is 3.97. The van der Waals surface area contributed by atoms with Crippen LogP contribution >= 0.6 is 0 Å². The fraction of sp³-hybridized carbons (Fsp3) is 0.278. The standard InChI is InChI=1S/C18H18N4O2/c1-11-17(12(2)24-21-11)14-8-16(23)20-18-15(14)9-19-22(18)10-13-6-4-3-5-7-13/h3-7,9,14H,8,10H2,1-2H3,(H,20,23)/t14-/m1/s1. The predicted molar refractivity (Wildman–Crippen MR) is 88.8 cm³/mol. The highest BCUT2D eigenvalue weighted by atomic mass is 16.5. The van der Waals surface area contributed by atoms with Gasteiger partial charge in [-0.15, -0.1) is 0 Å². The first-order valence-electron chi connectivity index (χ1n) is 7.95. The molecule has 3 aromatic rings. The van der Waals surface area contributed by atoms with Crippen LogP contribution in [0, 0.1) is 13.8 Å². The summed E-state index contributed by atoms with van der Waals surface area (Å²) in [5.74, 6) is 1.45. The van der Waals surface area contributed by atoms with Gasteiger partial charge in [-0.25, -0.2) is 4.68 Å². The molecule has 0 saturated heterocycles. The van der Waals surface area contributed by atoms with Gasteiger partial charge < -0.3 is 9.84 Å². The van der Waals surface area contributed by atoms with Crippen molar-refractivity contribution in [2.24, 2.45) is 0 Å². The molecule has 0 saturated carbocycles. The third kappa shape index (κ3) is 2.40. The molecule has 0 spiro atoms. The van der Waals surface area contributed by atoms with Crippen LogP contribution in [-0.2, 0) is 11.3 Å². The van der Waals surface area contributed by atoms with Gasteiger partial charge in [0.25, 0.3) is 0 Å². The summed E-state index contributed by atoms with van der Waals surface area (Å²) in [7, 11) is 0.